The third-order valence-corrected chi connectivity index (χ3v) is 4.61. The summed E-state index contributed by atoms with van der Waals surface area (Å²) < 4.78 is 1.88. The number of carbonyl (C=O) groups excluding carboxylic acids is 1. The van der Waals surface area contributed by atoms with Crippen LogP contribution in [0.25, 0.3) is 22.3 Å². The molecule has 0 unspecified atom stereocenters. The van der Waals surface area contributed by atoms with Gasteiger partial charge in [0.05, 0.1) is 22.8 Å². The van der Waals surface area contributed by atoms with Crippen molar-refractivity contribution < 1.29 is 4.79 Å². The number of amides is 1. The van der Waals surface area contributed by atoms with Crippen molar-refractivity contribution >= 4 is 16.9 Å². The zero-order valence-electron chi connectivity index (χ0n) is 16.2. The van der Waals surface area contributed by atoms with E-state index in [1.54, 1.807) is 11.1 Å². The van der Waals surface area contributed by atoms with Gasteiger partial charge in [-0.1, -0.05) is 31.2 Å². The van der Waals surface area contributed by atoms with Crippen LogP contribution in [-0.2, 0) is 0 Å². The van der Waals surface area contributed by atoms with E-state index >= 15 is 0 Å². The van der Waals surface area contributed by atoms with E-state index in [0.717, 1.165) is 40.8 Å². The number of pyridine rings is 1. The SMILES string of the molecule is CCCN(C)C(=O)c1cc(-c2ccccc2C)nc2c1cnn2C(C)C. The van der Waals surface area contributed by atoms with E-state index in [1.807, 2.05) is 36.0 Å². The summed E-state index contributed by atoms with van der Waals surface area (Å²) >= 11 is 0. The first-order chi connectivity index (χ1) is 12.4. The molecular formula is C21H26N4O. The molecule has 1 aromatic carbocycles. The average Bonchev–Trinajstić information content (AvgIpc) is 3.05. The van der Waals surface area contributed by atoms with Gasteiger partial charge < -0.3 is 4.90 Å². The fourth-order valence-corrected chi connectivity index (χ4v) is 3.21. The molecular weight excluding hydrogens is 324 g/mol. The molecule has 0 aliphatic heterocycles. The molecule has 2 aromatic heterocycles. The van der Waals surface area contributed by atoms with E-state index in [1.165, 1.54) is 0 Å². The molecule has 5 heteroatoms. The molecule has 0 fully saturated rings. The molecule has 0 spiro atoms. The van der Waals surface area contributed by atoms with Crippen LogP contribution < -0.4 is 0 Å². The number of nitrogens with zero attached hydrogens (tertiary/aromatic N) is 4. The quantitative estimate of drug-likeness (QED) is 0.682. The maximum atomic E-state index is 13.1. The molecule has 0 saturated carbocycles. The number of fused-ring (bicyclic) bond motifs is 1. The highest BCUT2D eigenvalue weighted by Crippen LogP contribution is 2.28. The largest absolute Gasteiger partial charge is 0.342 e. The van der Waals surface area contributed by atoms with Gasteiger partial charge in [0.15, 0.2) is 5.65 Å². The lowest BCUT2D eigenvalue weighted by atomic mass is 10.0. The molecule has 0 saturated heterocycles. The van der Waals surface area contributed by atoms with Gasteiger partial charge in [0, 0.05) is 25.2 Å². The number of carbonyl (C=O) groups is 1. The predicted octanol–water partition coefficient (Wildman–Crippen LogP) is 4.47. The number of aromatic nitrogens is 3. The first kappa shape index (κ1) is 18.1. The van der Waals surface area contributed by atoms with Gasteiger partial charge in [0.25, 0.3) is 5.91 Å². The molecule has 0 radical (unpaired) electrons. The summed E-state index contributed by atoms with van der Waals surface area (Å²) in [7, 11) is 1.85. The monoisotopic (exact) mass is 350 g/mol. The standard InChI is InChI=1S/C21H26N4O/c1-6-11-24(5)21(26)17-12-19(16-10-8-7-9-15(16)4)23-20-18(17)13-22-25(20)14(2)3/h7-10,12-14H,6,11H2,1-5H3. The first-order valence-electron chi connectivity index (χ1n) is 9.13. The maximum absolute atomic E-state index is 13.1. The molecule has 0 bridgehead atoms. The zero-order valence-corrected chi connectivity index (χ0v) is 16.2. The van der Waals surface area contributed by atoms with Gasteiger partial charge in [0.1, 0.15) is 0 Å². The second-order valence-corrected chi connectivity index (χ2v) is 7.02. The fourth-order valence-electron chi connectivity index (χ4n) is 3.21. The highest BCUT2D eigenvalue weighted by Gasteiger charge is 2.21. The van der Waals surface area contributed by atoms with Crippen LogP contribution in [0.1, 0.15) is 49.2 Å². The number of rotatable bonds is 5. The minimum Gasteiger partial charge on any atom is -0.342 e. The van der Waals surface area contributed by atoms with Crippen molar-refractivity contribution in [3.63, 3.8) is 0 Å². The third kappa shape index (κ3) is 3.21. The Morgan fingerprint density at radius 3 is 2.65 bits per heavy atom. The Balaban J connectivity index is 2.26. The summed E-state index contributed by atoms with van der Waals surface area (Å²) in [6, 6.07) is 10.2. The van der Waals surface area contributed by atoms with E-state index in [2.05, 4.69) is 38.9 Å². The highest BCUT2D eigenvalue weighted by molar-refractivity contribution is 6.06. The highest BCUT2D eigenvalue weighted by atomic mass is 16.2. The summed E-state index contributed by atoms with van der Waals surface area (Å²) in [4.78, 5) is 19.7. The van der Waals surface area contributed by atoms with Crippen molar-refractivity contribution in [1.29, 1.82) is 0 Å². The maximum Gasteiger partial charge on any atom is 0.254 e. The summed E-state index contributed by atoms with van der Waals surface area (Å²) in [6.45, 7) is 8.99. The Hall–Kier alpha value is -2.69. The Kier molecular flexibility index (Phi) is 5.07. The van der Waals surface area contributed by atoms with E-state index in [4.69, 9.17) is 4.98 Å². The topological polar surface area (TPSA) is 51.0 Å². The number of benzene rings is 1. The number of aryl methyl sites for hydroxylation is 1. The molecule has 3 rings (SSSR count). The van der Waals surface area contributed by atoms with Crippen LogP contribution in [0.3, 0.4) is 0 Å². The molecule has 5 nitrogen and oxygen atoms in total. The van der Waals surface area contributed by atoms with Gasteiger partial charge in [-0.2, -0.15) is 5.10 Å². The van der Waals surface area contributed by atoms with Gasteiger partial charge in [-0.3, -0.25) is 4.79 Å². The van der Waals surface area contributed by atoms with Crippen molar-refractivity contribution in [2.24, 2.45) is 0 Å². The fraction of sp³-hybridized carbons (Fsp3) is 0.381. The Labute approximate surface area is 154 Å². The van der Waals surface area contributed by atoms with Crippen molar-refractivity contribution in [2.45, 2.75) is 40.2 Å². The van der Waals surface area contributed by atoms with Crippen LogP contribution in [0.2, 0.25) is 0 Å². The molecule has 0 N–H and O–H groups in total. The van der Waals surface area contributed by atoms with Crippen molar-refractivity contribution in [1.82, 2.24) is 19.7 Å². The van der Waals surface area contributed by atoms with E-state index in [-0.39, 0.29) is 11.9 Å². The summed E-state index contributed by atoms with van der Waals surface area (Å²) in [5, 5.41) is 5.29. The molecule has 26 heavy (non-hydrogen) atoms. The van der Waals surface area contributed by atoms with Gasteiger partial charge >= 0.3 is 0 Å². The van der Waals surface area contributed by atoms with Crippen molar-refractivity contribution in [2.75, 3.05) is 13.6 Å². The lowest BCUT2D eigenvalue weighted by Gasteiger charge is -2.18. The summed E-state index contributed by atoms with van der Waals surface area (Å²) in [5.41, 5.74) is 4.41. The van der Waals surface area contributed by atoms with Gasteiger partial charge in [-0.15, -0.1) is 0 Å². The van der Waals surface area contributed by atoms with Crippen LogP contribution in [0.5, 0.6) is 0 Å². The first-order valence-corrected chi connectivity index (χ1v) is 9.13. The smallest absolute Gasteiger partial charge is 0.254 e. The molecule has 136 valence electrons. The van der Waals surface area contributed by atoms with Crippen molar-refractivity contribution in [3.05, 3.63) is 47.7 Å². The van der Waals surface area contributed by atoms with Crippen molar-refractivity contribution in [3.8, 4) is 11.3 Å². The molecule has 1 amide bonds. The zero-order chi connectivity index (χ0) is 18.8. The molecule has 0 aliphatic rings. The summed E-state index contributed by atoms with van der Waals surface area (Å²) in [6.07, 6.45) is 2.68. The van der Waals surface area contributed by atoms with E-state index in [0.29, 0.717) is 5.56 Å². The second-order valence-electron chi connectivity index (χ2n) is 7.02. The molecule has 3 aromatic rings. The van der Waals surface area contributed by atoms with Gasteiger partial charge in [-0.25, -0.2) is 9.67 Å². The number of hydrogen-bond acceptors (Lipinski definition) is 3. The lowest BCUT2D eigenvalue weighted by molar-refractivity contribution is 0.0797. The minimum atomic E-state index is 0.0115. The van der Waals surface area contributed by atoms with Crippen LogP contribution in [0.15, 0.2) is 36.5 Å². The predicted molar refractivity (Wildman–Crippen MR) is 105 cm³/mol. The van der Waals surface area contributed by atoms with E-state index < -0.39 is 0 Å². The molecule has 0 aliphatic carbocycles. The van der Waals surface area contributed by atoms with Crippen LogP contribution in [0, 0.1) is 6.92 Å². The third-order valence-electron chi connectivity index (χ3n) is 4.61. The minimum absolute atomic E-state index is 0.0115. The summed E-state index contributed by atoms with van der Waals surface area (Å²) in [5.74, 6) is 0.0115. The van der Waals surface area contributed by atoms with E-state index in [9.17, 15) is 4.79 Å². The van der Waals surface area contributed by atoms with Gasteiger partial charge in [-0.05, 0) is 38.8 Å². The van der Waals surface area contributed by atoms with Crippen LogP contribution >= 0.6 is 0 Å². The molecule has 2 heterocycles. The second kappa shape index (κ2) is 7.28. The lowest BCUT2D eigenvalue weighted by Crippen LogP contribution is -2.27. The average molecular weight is 350 g/mol. The Morgan fingerprint density at radius 1 is 1.27 bits per heavy atom. The van der Waals surface area contributed by atoms with Crippen LogP contribution in [0.4, 0.5) is 0 Å². The van der Waals surface area contributed by atoms with Crippen LogP contribution in [-0.4, -0.2) is 39.2 Å². The van der Waals surface area contributed by atoms with Gasteiger partial charge in [0.2, 0.25) is 0 Å². The number of hydrogen-bond donors (Lipinski definition) is 0. The normalized spacial score (nSPS) is 11.3. The molecule has 0 atom stereocenters. The Morgan fingerprint density at radius 2 is 2.00 bits per heavy atom. The Bertz CT molecular complexity index is 942.